The van der Waals surface area contributed by atoms with Crippen LogP contribution in [0.4, 0.5) is 5.69 Å². The zero-order valence-electron chi connectivity index (χ0n) is 11.2. The van der Waals surface area contributed by atoms with E-state index in [1.165, 1.54) is 14.0 Å². The fourth-order valence-electron chi connectivity index (χ4n) is 1.57. The van der Waals surface area contributed by atoms with Gasteiger partial charge in [-0.25, -0.2) is 8.42 Å². The minimum Gasteiger partial charge on any atom is -0.468 e. The first-order chi connectivity index (χ1) is 8.80. The molecule has 0 heterocycles. The molecule has 0 spiro atoms. The van der Waals surface area contributed by atoms with Gasteiger partial charge in [0.1, 0.15) is 0 Å². The van der Waals surface area contributed by atoms with Gasteiger partial charge < -0.3 is 10.5 Å². The van der Waals surface area contributed by atoms with Crippen LogP contribution in [0, 0.1) is 0 Å². The third kappa shape index (κ3) is 3.45. The maximum Gasteiger partial charge on any atom is 0.325 e. The standard InChI is InChI=1S/C12H18N2O4S/c1-9(12(15)18-3)19(16,17)14(2)8-10-6-4-5-7-11(10)13/h4-7,9H,8,13H2,1-3H3. The first kappa shape index (κ1) is 15.5. The van der Waals surface area contributed by atoms with Crippen molar-refractivity contribution in [2.24, 2.45) is 0 Å². The highest BCUT2D eigenvalue weighted by Crippen LogP contribution is 2.17. The summed E-state index contributed by atoms with van der Waals surface area (Å²) in [5.41, 5.74) is 6.96. The molecule has 1 unspecified atom stereocenters. The molecule has 0 aromatic heterocycles. The summed E-state index contributed by atoms with van der Waals surface area (Å²) in [6.45, 7) is 1.41. The predicted molar refractivity (Wildman–Crippen MR) is 72.7 cm³/mol. The van der Waals surface area contributed by atoms with Crippen molar-refractivity contribution in [2.45, 2.75) is 18.7 Å². The molecule has 0 saturated heterocycles. The number of rotatable bonds is 5. The Hall–Kier alpha value is -1.60. The average Bonchev–Trinajstić information content (AvgIpc) is 2.39. The number of benzene rings is 1. The van der Waals surface area contributed by atoms with Crippen molar-refractivity contribution in [3.8, 4) is 0 Å². The van der Waals surface area contributed by atoms with Crippen LogP contribution in [0.1, 0.15) is 12.5 Å². The highest BCUT2D eigenvalue weighted by atomic mass is 32.2. The fourth-order valence-corrected chi connectivity index (χ4v) is 2.76. The number of sulfonamides is 1. The van der Waals surface area contributed by atoms with Crippen molar-refractivity contribution in [3.05, 3.63) is 29.8 Å². The lowest BCUT2D eigenvalue weighted by molar-refractivity contribution is -0.139. The van der Waals surface area contributed by atoms with E-state index in [2.05, 4.69) is 4.74 Å². The number of carbonyl (C=O) groups is 1. The Kier molecular flexibility index (Phi) is 4.90. The highest BCUT2D eigenvalue weighted by molar-refractivity contribution is 7.90. The van der Waals surface area contributed by atoms with E-state index in [1.807, 2.05) is 0 Å². The molecule has 19 heavy (non-hydrogen) atoms. The largest absolute Gasteiger partial charge is 0.468 e. The quantitative estimate of drug-likeness (QED) is 0.632. The number of methoxy groups -OCH3 is 1. The molecule has 0 saturated carbocycles. The molecule has 6 nitrogen and oxygen atoms in total. The topological polar surface area (TPSA) is 89.7 Å². The van der Waals surface area contributed by atoms with E-state index in [0.717, 1.165) is 11.4 Å². The number of hydrogen-bond acceptors (Lipinski definition) is 5. The molecular formula is C12H18N2O4S. The SMILES string of the molecule is COC(=O)C(C)S(=O)(=O)N(C)Cc1ccccc1N. The van der Waals surface area contributed by atoms with E-state index in [-0.39, 0.29) is 6.54 Å². The molecule has 0 fully saturated rings. The fraction of sp³-hybridized carbons (Fsp3) is 0.417. The van der Waals surface area contributed by atoms with E-state index < -0.39 is 21.2 Å². The Morgan fingerprint density at radius 3 is 2.53 bits per heavy atom. The van der Waals surface area contributed by atoms with Crippen molar-refractivity contribution in [1.82, 2.24) is 4.31 Å². The summed E-state index contributed by atoms with van der Waals surface area (Å²) in [5, 5.41) is -1.24. The molecule has 1 aromatic carbocycles. The monoisotopic (exact) mass is 286 g/mol. The van der Waals surface area contributed by atoms with Crippen molar-refractivity contribution in [3.63, 3.8) is 0 Å². The highest BCUT2D eigenvalue weighted by Gasteiger charge is 2.32. The first-order valence-corrected chi connectivity index (χ1v) is 7.17. The van der Waals surface area contributed by atoms with Gasteiger partial charge in [-0.15, -0.1) is 0 Å². The second kappa shape index (κ2) is 6.03. The molecule has 0 aliphatic heterocycles. The van der Waals surface area contributed by atoms with Crippen molar-refractivity contribution in [2.75, 3.05) is 19.9 Å². The number of hydrogen-bond donors (Lipinski definition) is 1. The summed E-state index contributed by atoms with van der Waals surface area (Å²) >= 11 is 0. The summed E-state index contributed by atoms with van der Waals surface area (Å²) in [4.78, 5) is 11.3. The lowest BCUT2D eigenvalue weighted by atomic mass is 10.2. The summed E-state index contributed by atoms with van der Waals surface area (Å²) in [6, 6.07) is 6.98. The van der Waals surface area contributed by atoms with Crippen LogP contribution in [0.25, 0.3) is 0 Å². The number of nitrogens with zero attached hydrogens (tertiary/aromatic N) is 1. The van der Waals surface area contributed by atoms with Crippen LogP contribution in [0.5, 0.6) is 0 Å². The minimum absolute atomic E-state index is 0.107. The zero-order valence-corrected chi connectivity index (χ0v) is 12.0. The van der Waals surface area contributed by atoms with E-state index >= 15 is 0 Å². The zero-order chi connectivity index (χ0) is 14.6. The maximum absolute atomic E-state index is 12.1. The Labute approximate surface area is 113 Å². The Bertz CT molecular complexity index is 557. The van der Waals surface area contributed by atoms with Gasteiger partial charge in [0.15, 0.2) is 5.25 Å². The van der Waals surface area contributed by atoms with Crippen LogP contribution in [-0.4, -0.2) is 38.1 Å². The molecule has 0 amide bonds. The van der Waals surface area contributed by atoms with E-state index in [1.54, 1.807) is 24.3 Å². The van der Waals surface area contributed by atoms with Gasteiger partial charge in [0, 0.05) is 19.3 Å². The minimum atomic E-state index is -3.76. The molecule has 1 rings (SSSR count). The maximum atomic E-state index is 12.1. The smallest absolute Gasteiger partial charge is 0.325 e. The molecule has 2 N–H and O–H groups in total. The molecule has 0 radical (unpaired) electrons. The predicted octanol–water partition coefficient (Wildman–Crippen LogP) is 0.592. The van der Waals surface area contributed by atoms with Crippen LogP contribution in [-0.2, 0) is 26.1 Å². The molecule has 106 valence electrons. The Morgan fingerprint density at radius 1 is 1.42 bits per heavy atom. The van der Waals surface area contributed by atoms with Gasteiger partial charge in [-0.2, -0.15) is 4.31 Å². The number of nitrogen functional groups attached to an aromatic ring is 1. The molecular weight excluding hydrogens is 268 g/mol. The lowest BCUT2D eigenvalue weighted by Crippen LogP contribution is -2.39. The third-order valence-electron chi connectivity index (χ3n) is 2.86. The van der Waals surface area contributed by atoms with Gasteiger partial charge >= 0.3 is 5.97 Å². The van der Waals surface area contributed by atoms with E-state index in [0.29, 0.717) is 11.3 Å². The van der Waals surface area contributed by atoms with Crippen LogP contribution >= 0.6 is 0 Å². The number of anilines is 1. The van der Waals surface area contributed by atoms with Crippen molar-refractivity contribution >= 4 is 21.7 Å². The third-order valence-corrected chi connectivity index (χ3v) is 4.95. The van der Waals surface area contributed by atoms with Crippen molar-refractivity contribution in [1.29, 1.82) is 0 Å². The summed E-state index contributed by atoms with van der Waals surface area (Å²) in [6.07, 6.45) is 0. The number of carbonyl (C=O) groups excluding carboxylic acids is 1. The number of ether oxygens (including phenoxy) is 1. The van der Waals surface area contributed by atoms with Crippen LogP contribution < -0.4 is 5.73 Å². The normalized spacial score (nSPS) is 13.3. The second-order valence-corrected chi connectivity index (χ2v) is 6.53. The number of para-hydroxylation sites is 1. The van der Waals surface area contributed by atoms with Crippen LogP contribution in [0.15, 0.2) is 24.3 Å². The number of esters is 1. The van der Waals surface area contributed by atoms with Gasteiger partial charge in [0.25, 0.3) is 0 Å². The number of nitrogens with two attached hydrogens (primary N) is 1. The molecule has 0 aliphatic carbocycles. The molecule has 1 aromatic rings. The van der Waals surface area contributed by atoms with Gasteiger partial charge in [0.2, 0.25) is 10.0 Å². The summed E-state index contributed by atoms with van der Waals surface area (Å²) in [7, 11) is -1.20. The van der Waals surface area contributed by atoms with Gasteiger partial charge in [0.05, 0.1) is 7.11 Å². The Balaban J connectivity index is 2.92. The summed E-state index contributed by atoms with van der Waals surface area (Å²) < 4.78 is 29.8. The van der Waals surface area contributed by atoms with Gasteiger partial charge in [-0.3, -0.25) is 4.79 Å². The van der Waals surface area contributed by atoms with E-state index in [9.17, 15) is 13.2 Å². The summed E-state index contributed by atoms with van der Waals surface area (Å²) in [5.74, 6) is -0.784. The van der Waals surface area contributed by atoms with Gasteiger partial charge in [-0.05, 0) is 18.6 Å². The lowest BCUT2D eigenvalue weighted by Gasteiger charge is -2.21. The van der Waals surface area contributed by atoms with Crippen LogP contribution in [0.2, 0.25) is 0 Å². The Morgan fingerprint density at radius 2 is 2.00 bits per heavy atom. The van der Waals surface area contributed by atoms with Crippen LogP contribution in [0.3, 0.4) is 0 Å². The molecule has 7 heteroatoms. The molecule has 0 bridgehead atoms. The molecule has 0 aliphatic rings. The van der Waals surface area contributed by atoms with Gasteiger partial charge in [-0.1, -0.05) is 18.2 Å². The van der Waals surface area contributed by atoms with E-state index in [4.69, 9.17) is 5.73 Å². The van der Waals surface area contributed by atoms with Crippen molar-refractivity contribution < 1.29 is 17.9 Å². The average molecular weight is 286 g/mol. The first-order valence-electron chi connectivity index (χ1n) is 5.67. The molecule has 1 atom stereocenters. The second-order valence-electron chi connectivity index (χ2n) is 4.17.